The average molecular weight is 767 g/mol. The first-order valence-corrected chi connectivity index (χ1v) is 20.2. The molecule has 12 rings (SSSR count). The largest absolute Gasteiger partial charge is 0.456 e. The van der Waals surface area contributed by atoms with E-state index in [0.29, 0.717) is 11.6 Å². The van der Waals surface area contributed by atoms with E-state index in [4.69, 9.17) is 24.7 Å². The minimum absolute atomic E-state index is 0.555. The van der Waals surface area contributed by atoms with Crippen LogP contribution >= 0.6 is 0 Å². The van der Waals surface area contributed by atoms with E-state index < -0.39 is 5.41 Å². The van der Waals surface area contributed by atoms with Crippen molar-refractivity contribution in [2.24, 2.45) is 0 Å². The lowest BCUT2D eigenvalue weighted by molar-refractivity contribution is 0.440. The molecule has 0 saturated heterocycles. The predicted octanol–water partition coefficient (Wildman–Crippen LogP) is 13.2. The second-order valence-corrected chi connectivity index (χ2v) is 15.4. The van der Waals surface area contributed by atoms with Crippen LogP contribution in [-0.4, -0.2) is 19.9 Å². The second-order valence-electron chi connectivity index (χ2n) is 15.4. The maximum absolute atomic E-state index is 7.01. The minimum Gasteiger partial charge on any atom is -0.456 e. The van der Waals surface area contributed by atoms with Gasteiger partial charge >= 0.3 is 0 Å². The number of nitrogens with zero attached hydrogens (tertiary/aromatic N) is 4. The third-order valence-electron chi connectivity index (χ3n) is 12.1. The molecule has 1 aliphatic carbocycles. The Bertz CT molecular complexity index is 3290. The third-order valence-corrected chi connectivity index (χ3v) is 12.1. The molecule has 0 saturated carbocycles. The summed E-state index contributed by atoms with van der Waals surface area (Å²) in [6.45, 7) is 0. The molecule has 0 radical (unpaired) electrons. The molecule has 5 nitrogen and oxygen atoms in total. The lowest BCUT2D eigenvalue weighted by atomic mass is 9.61. The first-order valence-electron chi connectivity index (χ1n) is 20.2. The molecule has 0 amide bonds. The number of rotatable bonds is 4. The average Bonchev–Trinajstić information content (AvgIpc) is 3.43. The number of ether oxygens (including phenoxy) is 1. The Morgan fingerprint density at radius 3 is 1.73 bits per heavy atom. The summed E-state index contributed by atoms with van der Waals surface area (Å²) >= 11 is 0. The van der Waals surface area contributed by atoms with Gasteiger partial charge in [0.2, 0.25) is 0 Å². The fraction of sp³-hybridized carbons (Fsp3) is 0.0182. The Morgan fingerprint density at radius 2 is 0.967 bits per heavy atom. The fourth-order valence-electron chi connectivity index (χ4n) is 9.40. The Balaban J connectivity index is 1.15. The summed E-state index contributed by atoms with van der Waals surface area (Å²) in [7, 11) is 0. The lowest BCUT2D eigenvalue weighted by Gasteiger charge is -2.43. The van der Waals surface area contributed by atoms with Gasteiger partial charge in [0.15, 0.2) is 11.6 Å². The minimum atomic E-state index is -0.769. The molecule has 1 aliphatic heterocycles. The molecule has 2 aromatic heterocycles. The van der Waals surface area contributed by atoms with Crippen LogP contribution in [-0.2, 0) is 5.41 Å². The number of hydrogen-bond donors (Lipinski definition) is 0. The highest BCUT2D eigenvalue weighted by molar-refractivity contribution is 5.98. The zero-order valence-electron chi connectivity index (χ0n) is 32.3. The summed E-state index contributed by atoms with van der Waals surface area (Å²) in [4.78, 5) is 20.0. The summed E-state index contributed by atoms with van der Waals surface area (Å²) in [5, 5.41) is 2.21. The molecule has 0 N–H and O–H groups in total. The molecule has 3 heterocycles. The van der Waals surface area contributed by atoms with E-state index in [2.05, 4.69) is 146 Å². The van der Waals surface area contributed by atoms with Crippen LogP contribution in [0.3, 0.4) is 0 Å². The van der Waals surface area contributed by atoms with Crippen molar-refractivity contribution in [1.29, 1.82) is 0 Å². The van der Waals surface area contributed by atoms with Gasteiger partial charge in [-0.2, -0.15) is 0 Å². The van der Waals surface area contributed by atoms with Gasteiger partial charge in [0.05, 0.1) is 22.4 Å². The normalized spacial score (nSPS) is 14.5. The van der Waals surface area contributed by atoms with Crippen LogP contribution in [0.25, 0.3) is 78.3 Å². The van der Waals surface area contributed by atoms with Gasteiger partial charge < -0.3 is 4.74 Å². The molecule has 2 aliphatic rings. The van der Waals surface area contributed by atoms with Crippen molar-refractivity contribution in [1.82, 2.24) is 19.9 Å². The molecular formula is C55H34N4O. The Labute approximate surface area is 347 Å². The smallest absolute Gasteiger partial charge is 0.163 e. The van der Waals surface area contributed by atoms with Crippen molar-refractivity contribution < 1.29 is 4.74 Å². The first kappa shape index (κ1) is 34.1. The van der Waals surface area contributed by atoms with Gasteiger partial charge in [-0.25, -0.2) is 19.9 Å². The van der Waals surface area contributed by atoms with Gasteiger partial charge in [0.1, 0.15) is 11.5 Å². The third kappa shape index (κ3) is 5.19. The van der Waals surface area contributed by atoms with Crippen molar-refractivity contribution in [2.75, 3.05) is 0 Å². The molecule has 1 unspecified atom stereocenters. The first-order chi connectivity index (χ1) is 29.7. The Hall–Kier alpha value is -8.02. The predicted molar refractivity (Wildman–Crippen MR) is 240 cm³/mol. The van der Waals surface area contributed by atoms with Gasteiger partial charge in [0.25, 0.3) is 0 Å². The van der Waals surface area contributed by atoms with Crippen molar-refractivity contribution in [3.8, 4) is 79.0 Å². The molecular weight excluding hydrogens is 733 g/mol. The zero-order chi connectivity index (χ0) is 39.6. The lowest BCUT2D eigenvalue weighted by Crippen LogP contribution is -2.35. The Morgan fingerprint density at radius 1 is 0.367 bits per heavy atom. The fourth-order valence-corrected chi connectivity index (χ4v) is 9.40. The molecule has 60 heavy (non-hydrogen) atoms. The summed E-state index contributed by atoms with van der Waals surface area (Å²) in [6.07, 6.45) is 3.65. The molecule has 0 bridgehead atoms. The molecule has 10 aromatic rings. The summed E-state index contributed by atoms with van der Waals surface area (Å²) in [6, 6.07) is 68.6. The van der Waals surface area contributed by atoms with Crippen LogP contribution < -0.4 is 4.74 Å². The second kappa shape index (κ2) is 13.5. The summed E-state index contributed by atoms with van der Waals surface area (Å²) in [5.74, 6) is 2.92. The standard InChI is InChI=1S/C55H34N4O/c1-3-16-36(17-4-1)49-32-50(59-54(58-49)39-33-56-53(57-34-39)37-18-5-2-6-19-37)38-27-29-44-42-22-10-9-21-41(42)43-23-11-12-24-45(43)55(48(44)31-38)46-25-13-14-26-51(46)60-52-40-20-8-7-15-35(40)28-30-47(52)55/h1-34H. The van der Waals surface area contributed by atoms with E-state index in [1.54, 1.807) is 0 Å². The summed E-state index contributed by atoms with van der Waals surface area (Å²) < 4.78 is 7.01. The highest BCUT2D eigenvalue weighted by Crippen LogP contribution is 2.62. The number of para-hydroxylation sites is 1. The van der Waals surface area contributed by atoms with Gasteiger partial charge in [0, 0.05) is 45.6 Å². The van der Waals surface area contributed by atoms with Crippen molar-refractivity contribution >= 4 is 10.8 Å². The number of hydrogen-bond acceptors (Lipinski definition) is 5. The maximum atomic E-state index is 7.01. The highest BCUT2D eigenvalue weighted by atomic mass is 16.5. The molecule has 1 atom stereocenters. The van der Waals surface area contributed by atoms with Crippen molar-refractivity contribution in [3.63, 3.8) is 0 Å². The van der Waals surface area contributed by atoms with E-state index in [1.807, 2.05) is 60.9 Å². The number of aromatic nitrogens is 4. The van der Waals surface area contributed by atoms with Gasteiger partial charge in [-0.05, 0) is 57.0 Å². The number of fused-ring (bicyclic) bond motifs is 13. The monoisotopic (exact) mass is 766 g/mol. The topological polar surface area (TPSA) is 60.8 Å². The highest BCUT2D eigenvalue weighted by Gasteiger charge is 2.49. The van der Waals surface area contributed by atoms with E-state index in [-0.39, 0.29) is 0 Å². The molecule has 8 aromatic carbocycles. The van der Waals surface area contributed by atoms with Crippen LogP contribution in [0.1, 0.15) is 22.3 Å². The van der Waals surface area contributed by atoms with Crippen LogP contribution in [0.15, 0.2) is 207 Å². The van der Waals surface area contributed by atoms with E-state index >= 15 is 0 Å². The van der Waals surface area contributed by atoms with E-state index in [1.165, 1.54) is 22.3 Å². The van der Waals surface area contributed by atoms with Crippen LogP contribution in [0.4, 0.5) is 0 Å². The zero-order valence-corrected chi connectivity index (χ0v) is 32.3. The van der Waals surface area contributed by atoms with Crippen LogP contribution in [0.5, 0.6) is 11.5 Å². The van der Waals surface area contributed by atoms with Crippen LogP contribution in [0.2, 0.25) is 0 Å². The van der Waals surface area contributed by atoms with Gasteiger partial charge in [-0.3, -0.25) is 0 Å². The van der Waals surface area contributed by atoms with Gasteiger partial charge in [-0.1, -0.05) is 176 Å². The summed E-state index contributed by atoms with van der Waals surface area (Å²) in [5.41, 5.74) is 13.8. The SMILES string of the molecule is c1ccc(-c2cc(-c3ccc4c(c3)C3(c5ccccc5Oc5c3ccc3ccccc53)c3ccccc3-c3ccccc3-4)nc(-c3cnc(-c4ccccc4)nc3)n2)cc1. The molecule has 280 valence electrons. The molecule has 0 fully saturated rings. The number of benzene rings is 8. The molecule has 1 spiro atoms. The van der Waals surface area contributed by atoms with Crippen LogP contribution in [0, 0.1) is 0 Å². The Kier molecular flexibility index (Phi) is 7.69. The quantitative estimate of drug-likeness (QED) is 0.178. The maximum Gasteiger partial charge on any atom is 0.163 e. The van der Waals surface area contributed by atoms with Gasteiger partial charge in [-0.15, -0.1) is 0 Å². The molecule has 5 heteroatoms. The van der Waals surface area contributed by atoms with Crippen molar-refractivity contribution in [2.45, 2.75) is 5.41 Å². The van der Waals surface area contributed by atoms with E-state index in [0.717, 1.165) is 78.2 Å². The van der Waals surface area contributed by atoms with E-state index in [9.17, 15) is 0 Å². The van der Waals surface area contributed by atoms with Crippen molar-refractivity contribution in [3.05, 3.63) is 229 Å².